The number of hydrogen-bond acceptors (Lipinski definition) is 7. The quantitative estimate of drug-likeness (QED) is 0.722. The maximum atomic E-state index is 14.8. The highest BCUT2D eigenvalue weighted by Gasteiger charge is 2.37. The lowest BCUT2D eigenvalue weighted by Gasteiger charge is -2.22. The molecular formula is C19H25FN4O6. The van der Waals surface area contributed by atoms with Crippen molar-refractivity contribution in [2.75, 3.05) is 43.1 Å². The molecule has 2 fully saturated rings. The fourth-order valence-electron chi connectivity index (χ4n) is 3.43. The van der Waals surface area contributed by atoms with Crippen LogP contribution in [0.15, 0.2) is 18.2 Å². The minimum absolute atomic E-state index is 0.0850. The van der Waals surface area contributed by atoms with Gasteiger partial charge in [0, 0.05) is 27.1 Å². The first-order valence-corrected chi connectivity index (χ1v) is 9.58. The summed E-state index contributed by atoms with van der Waals surface area (Å²) in [6.07, 6.45) is -2.95. The third kappa shape index (κ3) is 4.40. The zero-order valence-electron chi connectivity index (χ0n) is 17.0. The topological polar surface area (TPSA) is 112 Å². The lowest BCUT2D eigenvalue weighted by atomic mass is 10.2. The van der Waals surface area contributed by atoms with Gasteiger partial charge in [0.1, 0.15) is 5.82 Å². The van der Waals surface area contributed by atoms with Crippen molar-refractivity contribution in [1.82, 2.24) is 10.2 Å². The number of alkyl carbamates (subject to hydrolysis) is 1. The van der Waals surface area contributed by atoms with Gasteiger partial charge in [-0.05, 0) is 25.1 Å². The van der Waals surface area contributed by atoms with E-state index in [0.29, 0.717) is 5.69 Å². The monoisotopic (exact) mass is 424 g/mol. The van der Waals surface area contributed by atoms with Crippen LogP contribution in [0.3, 0.4) is 0 Å². The summed E-state index contributed by atoms with van der Waals surface area (Å²) in [4.78, 5) is 39.4. The largest absolute Gasteiger partial charge is 0.450 e. The second-order valence-electron chi connectivity index (χ2n) is 7.16. The van der Waals surface area contributed by atoms with Crippen molar-refractivity contribution in [2.45, 2.75) is 32.2 Å². The van der Waals surface area contributed by atoms with E-state index in [0.717, 1.165) is 0 Å². The molecule has 30 heavy (non-hydrogen) atoms. The summed E-state index contributed by atoms with van der Waals surface area (Å²) in [5, 5.41) is 12.7. The molecule has 2 heterocycles. The van der Waals surface area contributed by atoms with Crippen LogP contribution in [0.1, 0.15) is 13.8 Å². The number of carbonyl (C=O) groups excluding carboxylic acids is 3. The summed E-state index contributed by atoms with van der Waals surface area (Å²) in [7, 11) is 1.52. The van der Waals surface area contributed by atoms with Crippen LogP contribution in [-0.4, -0.2) is 79.8 Å². The average molecular weight is 424 g/mol. The summed E-state index contributed by atoms with van der Waals surface area (Å²) in [6, 6.07) is 3.67. The van der Waals surface area contributed by atoms with E-state index in [-0.39, 0.29) is 37.8 Å². The Morgan fingerprint density at radius 3 is 2.73 bits per heavy atom. The number of ether oxygens (including phenoxy) is 2. The van der Waals surface area contributed by atoms with Gasteiger partial charge in [0.05, 0.1) is 36.7 Å². The number of likely N-dealkylation sites (N-methyl/N-ethyl adjacent to an activating group) is 1. The molecule has 1 aromatic carbocycles. The van der Waals surface area contributed by atoms with Crippen molar-refractivity contribution in [3.05, 3.63) is 24.0 Å². The summed E-state index contributed by atoms with van der Waals surface area (Å²) in [5.41, 5.74) is 0.526. The minimum atomic E-state index is -0.884. The Kier molecular flexibility index (Phi) is 6.30. The van der Waals surface area contributed by atoms with E-state index in [1.807, 2.05) is 0 Å². The van der Waals surface area contributed by atoms with Gasteiger partial charge in [0.25, 0.3) is 0 Å². The molecule has 0 bridgehead atoms. The predicted molar refractivity (Wildman–Crippen MR) is 105 cm³/mol. The zero-order valence-corrected chi connectivity index (χ0v) is 17.0. The highest BCUT2D eigenvalue weighted by Crippen LogP contribution is 2.30. The Morgan fingerprint density at radius 2 is 2.10 bits per heavy atom. The van der Waals surface area contributed by atoms with E-state index < -0.39 is 36.4 Å². The first kappa shape index (κ1) is 21.6. The van der Waals surface area contributed by atoms with Crippen molar-refractivity contribution >= 4 is 29.5 Å². The second-order valence-corrected chi connectivity index (χ2v) is 7.16. The van der Waals surface area contributed by atoms with Crippen LogP contribution < -0.4 is 15.1 Å². The molecular weight excluding hydrogens is 399 g/mol. The predicted octanol–water partition coefficient (Wildman–Crippen LogP) is 0.882. The van der Waals surface area contributed by atoms with Gasteiger partial charge >= 0.3 is 12.2 Å². The molecule has 2 aliphatic heterocycles. The smallest absolute Gasteiger partial charge is 0.416 e. The lowest BCUT2D eigenvalue weighted by molar-refractivity contribution is -0.134. The molecule has 1 aromatic rings. The molecule has 0 saturated carbocycles. The molecule has 0 aliphatic carbocycles. The van der Waals surface area contributed by atoms with Crippen molar-refractivity contribution < 1.29 is 33.4 Å². The Balaban J connectivity index is 1.69. The third-order valence-corrected chi connectivity index (χ3v) is 5.18. The molecule has 2 aliphatic rings. The van der Waals surface area contributed by atoms with E-state index in [1.165, 1.54) is 35.9 Å². The third-order valence-electron chi connectivity index (χ3n) is 5.18. The molecule has 3 atom stereocenters. The van der Waals surface area contributed by atoms with Gasteiger partial charge < -0.3 is 29.7 Å². The van der Waals surface area contributed by atoms with Gasteiger partial charge in [-0.3, -0.25) is 9.69 Å². The Labute approximate surface area is 173 Å². The van der Waals surface area contributed by atoms with Crippen LogP contribution in [0, 0.1) is 5.82 Å². The van der Waals surface area contributed by atoms with Crippen LogP contribution in [0.4, 0.5) is 25.4 Å². The van der Waals surface area contributed by atoms with Crippen molar-refractivity contribution in [1.29, 1.82) is 0 Å². The van der Waals surface area contributed by atoms with E-state index in [1.54, 1.807) is 17.9 Å². The second kappa shape index (κ2) is 8.74. The summed E-state index contributed by atoms with van der Waals surface area (Å²) >= 11 is 0. The highest BCUT2D eigenvalue weighted by molar-refractivity contribution is 5.90. The minimum Gasteiger partial charge on any atom is -0.450 e. The lowest BCUT2D eigenvalue weighted by Crippen LogP contribution is -2.43. The summed E-state index contributed by atoms with van der Waals surface area (Å²) < 4.78 is 24.8. The number of benzene rings is 1. The number of halogens is 1. The van der Waals surface area contributed by atoms with Gasteiger partial charge in [-0.25, -0.2) is 14.0 Å². The molecule has 10 nitrogen and oxygen atoms in total. The van der Waals surface area contributed by atoms with Crippen LogP contribution in [-0.2, 0) is 14.3 Å². The average Bonchev–Trinajstić information content (AvgIpc) is 3.24. The molecule has 3 amide bonds. The molecule has 0 radical (unpaired) electrons. The fraction of sp³-hybridized carbons (Fsp3) is 0.526. The Bertz CT molecular complexity index is 837. The zero-order chi connectivity index (χ0) is 22.0. The van der Waals surface area contributed by atoms with E-state index in [2.05, 4.69) is 5.32 Å². The molecule has 1 unspecified atom stereocenters. The molecule has 0 spiro atoms. The first-order valence-electron chi connectivity index (χ1n) is 9.58. The maximum absolute atomic E-state index is 14.8. The molecule has 2 N–H and O–H groups in total. The van der Waals surface area contributed by atoms with Crippen LogP contribution >= 0.6 is 0 Å². The number of rotatable bonds is 5. The van der Waals surface area contributed by atoms with E-state index in [9.17, 15) is 23.9 Å². The van der Waals surface area contributed by atoms with Crippen LogP contribution in [0.2, 0.25) is 0 Å². The highest BCUT2D eigenvalue weighted by atomic mass is 19.1. The molecule has 3 rings (SSSR count). The Hall–Kier alpha value is -3.08. The summed E-state index contributed by atoms with van der Waals surface area (Å²) in [6.45, 7) is 3.65. The van der Waals surface area contributed by atoms with Crippen LogP contribution in [0.25, 0.3) is 0 Å². The number of nitrogens with zero attached hydrogens (tertiary/aromatic N) is 3. The van der Waals surface area contributed by atoms with Crippen molar-refractivity contribution in [2.24, 2.45) is 0 Å². The standard InChI is InChI=1S/C19H25FN4O6/c1-4-29-18(27)21-14-8-23(9-16(14)26)15-6-5-12(7-13(15)20)24-10-17(30-19(24)28)22(3)11(2)25/h5-7,14,16-17,26H,4,8-10H2,1-3H3,(H,21,27)/t14-,16-,17?/m0/s1. The maximum Gasteiger partial charge on any atom is 0.416 e. The SMILES string of the molecule is CCOC(=O)N[C@H]1CN(c2ccc(N3CC(N(C)C(C)=O)OC3=O)cc2F)C[C@@H]1O. The van der Waals surface area contributed by atoms with Gasteiger partial charge in [-0.15, -0.1) is 0 Å². The number of cyclic esters (lactones) is 1. The van der Waals surface area contributed by atoms with Crippen LogP contribution in [0.5, 0.6) is 0 Å². The van der Waals surface area contributed by atoms with Crippen molar-refractivity contribution in [3.63, 3.8) is 0 Å². The normalized spacial score (nSPS) is 23.4. The summed E-state index contributed by atoms with van der Waals surface area (Å²) in [5.74, 6) is -0.845. The number of aliphatic hydroxyl groups is 1. The van der Waals surface area contributed by atoms with E-state index in [4.69, 9.17) is 9.47 Å². The Morgan fingerprint density at radius 1 is 1.37 bits per heavy atom. The molecule has 11 heteroatoms. The number of carbonyl (C=O) groups is 3. The number of aliphatic hydroxyl groups excluding tert-OH is 1. The fourth-order valence-corrected chi connectivity index (χ4v) is 3.43. The number of β-amino-alcohol motifs (C(OH)–C–C–N with tert-alkyl or cyclic N) is 1. The van der Waals surface area contributed by atoms with E-state index >= 15 is 0 Å². The molecule has 164 valence electrons. The van der Waals surface area contributed by atoms with Crippen molar-refractivity contribution in [3.8, 4) is 0 Å². The number of nitrogens with one attached hydrogen (secondary N) is 1. The molecule has 0 aromatic heterocycles. The number of amides is 3. The van der Waals surface area contributed by atoms with Gasteiger partial charge in [-0.1, -0.05) is 0 Å². The molecule has 2 saturated heterocycles. The van der Waals surface area contributed by atoms with Gasteiger partial charge in [0.15, 0.2) is 6.23 Å². The van der Waals surface area contributed by atoms with Gasteiger partial charge in [-0.2, -0.15) is 0 Å². The number of anilines is 2. The number of hydrogen-bond donors (Lipinski definition) is 2. The first-order chi connectivity index (χ1) is 14.2. The van der Waals surface area contributed by atoms with Gasteiger partial charge in [0.2, 0.25) is 5.91 Å².